The molecule has 0 radical (unpaired) electrons. The number of aromatic nitrogens is 2. The molecule has 2 aromatic rings. The average Bonchev–Trinajstić information content (AvgIpc) is 3.00. The summed E-state index contributed by atoms with van der Waals surface area (Å²) in [7, 11) is 1.93. The van der Waals surface area contributed by atoms with Crippen molar-refractivity contribution in [3.8, 4) is 11.3 Å². The lowest BCUT2D eigenvalue weighted by Crippen LogP contribution is -2.59. The van der Waals surface area contributed by atoms with Crippen LogP contribution < -0.4 is 5.32 Å². The number of nitrogens with one attached hydrogen (secondary N) is 1. The number of nitrogens with zero attached hydrogens (tertiary/aromatic N) is 3. The molecular weight excluding hydrogens is 304 g/mol. The Labute approximate surface area is 141 Å². The second kappa shape index (κ2) is 6.47. The molecule has 1 saturated heterocycles. The Bertz CT molecular complexity index is 749. The van der Waals surface area contributed by atoms with Gasteiger partial charge in [0.1, 0.15) is 6.04 Å². The number of benzene rings is 1. The first-order valence-electron chi connectivity index (χ1n) is 8.14. The van der Waals surface area contributed by atoms with Gasteiger partial charge in [-0.25, -0.2) is 4.98 Å². The smallest absolute Gasteiger partial charge is 0.254 e. The molecule has 1 N–H and O–H groups in total. The monoisotopic (exact) mass is 326 g/mol. The summed E-state index contributed by atoms with van der Waals surface area (Å²) in [5.41, 5.74) is 2.59. The van der Waals surface area contributed by atoms with Crippen LogP contribution in [0.3, 0.4) is 0 Å². The van der Waals surface area contributed by atoms with E-state index in [9.17, 15) is 9.59 Å². The van der Waals surface area contributed by atoms with Gasteiger partial charge in [0.2, 0.25) is 5.91 Å². The van der Waals surface area contributed by atoms with Crippen molar-refractivity contribution in [3.63, 3.8) is 0 Å². The minimum absolute atomic E-state index is 0.0722. The van der Waals surface area contributed by atoms with Gasteiger partial charge < -0.3 is 14.8 Å². The molecule has 2 amide bonds. The summed E-state index contributed by atoms with van der Waals surface area (Å²) in [4.78, 5) is 30.8. The second-order valence-corrected chi connectivity index (χ2v) is 6.45. The van der Waals surface area contributed by atoms with Gasteiger partial charge >= 0.3 is 0 Å². The molecule has 0 saturated carbocycles. The quantitative estimate of drug-likeness (QED) is 0.933. The van der Waals surface area contributed by atoms with E-state index in [0.29, 0.717) is 18.7 Å². The van der Waals surface area contributed by atoms with Crippen LogP contribution in [0.25, 0.3) is 11.3 Å². The van der Waals surface area contributed by atoms with E-state index >= 15 is 0 Å². The zero-order chi connectivity index (χ0) is 17.3. The van der Waals surface area contributed by atoms with E-state index in [0.717, 1.165) is 11.3 Å². The maximum Gasteiger partial charge on any atom is 0.254 e. The third-order valence-corrected chi connectivity index (χ3v) is 4.39. The van der Waals surface area contributed by atoms with Crippen LogP contribution in [-0.2, 0) is 11.8 Å². The standard InChI is InChI=1S/C18H22N4O2/c1-12(2)16-17(23)20-8-9-22(16)18(24)14-6-4-13(5-7-14)15-10-19-11-21(15)3/h4-7,10-12,16H,8-9H2,1-3H3,(H,20,23)/t16-/m0/s1. The van der Waals surface area contributed by atoms with Crippen LogP contribution in [0.2, 0.25) is 0 Å². The summed E-state index contributed by atoms with van der Waals surface area (Å²) in [5.74, 6) is -0.0980. The third-order valence-electron chi connectivity index (χ3n) is 4.39. The second-order valence-electron chi connectivity index (χ2n) is 6.45. The van der Waals surface area contributed by atoms with Crippen LogP contribution in [0.5, 0.6) is 0 Å². The molecule has 1 atom stereocenters. The molecule has 1 aliphatic rings. The molecule has 126 valence electrons. The van der Waals surface area contributed by atoms with Crippen molar-refractivity contribution >= 4 is 11.8 Å². The van der Waals surface area contributed by atoms with Crippen molar-refractivity contribution in [3.05, 3.63) is 42.4 Å². The van der Waals surface area contributed by atoms with Crippen LogP contribution in [0, 0.1) is 5.92 Å². The average molecular weight is 326 g/mol. The number of imidazole rings is 1. The molecule has 1 fully saturated rings. The fourth-order valence-electron chi connectivity index (χ4n) is 3.16. The Morgan fingerprint density at radius 1 is 1.29 bits per heavy atom. The van der Waals surface area contributed by atoms with Gasteiger partial charge in [-0.05, 0) is 23.6 Å². The Kier molecular flexibility index (Phi) is 4.38. The van der Waals surface area contributed by atoms with E-state index in [1.807, 2.05) is 49.7 Å². The summed E-state index contributed by atoms with van der Waals surface area (Å²) < 4.78 is 1.93. The SMILES string of the molecule is CC(C)[C@H]1C(=O)NCCN1C(=O)c1ccc(-c2cncn2C)cc1. The molecule has 0 aliphatic carbocycles. The number of rotatable bonds is 3. The number of piperazine rings is 1. The Hall–Kier alpha value is -2.63. The molecular formula is C18H22N4O2. The van der Waals surface area contributed by atoms with Crippen molar-refractivity contribution < 1.29 is 9.59 Å². The molecule has 1 aromatic carbocycles. The fourth-order valence-corrected chi connectivity index (χ4v) is 3.16. The maximum absolute atomic E-state index is 12.9. The lowest BCUT2D eigenvalue weighted by atomic mass is 9.98. The van der Waals surface area contributed by atoms with E-state index in [2.05, 4.69) is 10.3 Å². The van der Waals surface area contributed by atoms with Crippen LogP contribution in [-0.4, -0.2) is 45.4 Å². The first kappa shape index (κ1) is 16.2. The highest BCUT2D eigenvalue weighted by atomic mass is 16.2. The van der Waals surface area contributed by atoms with Crippen molar-refractivity contribution in [2.75, 3.05) is 13.1 Å². The first-order valence-corrected chi connectivity index (χ1v) is 8.14. The minimum Gasteiger partial charge on any atom is -0.353 e. The largest absolute Gasteiger partial charge is 0.353 e. The summed E-state index contributed by atoms with van der Waals surface area (Å²) >= 11 is 0. The number of carbonyl (C=O) groups excluding carboxylic acids is 2. The van der Waals surface area contributed by atoms with Gasteiger partial charge in [0.25, 0.3) is 5.91 Å². The lowest BCUT2D eigenvalue weighted by Gasteiger charge is -2.37. The molecule has 6 nitrogen and oxygen atoms in total. The molecule has 0 bridgehead atoms. The van der Waals surface area contributed by atoms with E-state index in [1.165, 1.54) is 0 Å². The van der Waals surface area contributed by atoms with Gasteiger partial charge in [0.15, 0.2) is 0 Å². The summed E-state index contributed by atoms with van der Waals surface area (Å²) in [6, 6.07) is 7.04. The fraction of sp³-hybridized carbons (Fsp3) is 0.389. The predicted octanol–water partition coefficient (Wildman–Crippen LogP) is 1.68. The number of hydrogen-bond acceptors (Lipinski definition) is 3. The summed E-state index contributed by atoms with van der Waals surface area (Å²) in [5, 5.41) is 2.84. The molecule has 0 spiro atoms. The zero-order valence-corrected chi connectivity index (χ0v) is 14.2. The van der Waals surface area contributed by atoms with Crippen molar-refractivity contribution in [2.45, 2.75) is 19.9 Å². The predicted molar refractivity (Wildman–Crippen MR) is 91.3 cm³/mol. The normalized spacial score (nSPS) is 17.9. The highest BCUT2D eigenvalue weighted by molar-refractivity contribution is 5.98. The molecule has 1 aliphatic heterocycles. The zero-order valence-electron chi connectivity index (χ0n) is 14.2. The first-order chi connectivity index (χ1) is 11.5. The third kappa shape index (κ3) is 2.91. The van der Waals surface area contributed by atoms with Gasteiger partial charge in [-0.2, -0.15) is 0 Å². The van der Waals surface area contributed by atoms with E-state index < -0.39 is 6.04 Å². The van der Waals surface area contributed by atoms with Crippen LogP contribution in [0.1, 0.15) is 24.2 Å². The molecule has 1 aromatic heterocycles. The van der Waals surface area contributed by atoms with Crippen LogP contribution >= 0.6 is 0 Å². The molecule has 3 rings (SSSR count). The number of carbonyl (C=O) groups is 2. The minimum atomic E-state index is -0.414. The lowest BCUT2D eigenvalue weighted by molar-refractivity contribution is -0.129. The Balaban J connectivity index is 1.84. The molecule has 0 unspecified atom stereocenters. The van der Waals surface area contributed by atoms with E-state index in [-0.39, 0.29) is 17.7 Å². The van der Waals surface area contributed by atoms with Gasteiger partial charge in [0.05, 0.1) is 18.2 Å². The molecule has 24 heavy (non-hydrogen) atoms. The van der Waals surface area contributed by atoms with Crippen molar-refractivity contribution in [1.29, 1.82) is 0 Å². The summed E-state index contributed by atoms with van der Waals surface area (Å²) in [6.45, 7) is 4.96. The molecule has 2 heterocycles. The number of hydrogen-bond donors (Lipinski definition) is 1. The van der Waals surface area contributed by atoms with Crippen LogP contribution in [0.15, 0.2) is 36.8 Å². The highest BCUT2D eigenvalue weighted by Crippen LogP contribution is 2.21. The highest BCUT2D eigenvalue weighted by Gasteiger charge is 2.35. The van der Waals surface area contributed by atoms with Gasteiger partial charge in [-0.3, -0.25) is 9.59 Å². The Morgan fingerprint density at radius 3 is 2.58 bits per heavy atom. The van der Waals surface area contributed by atoms with Crippen LogP contribution in [0.4, 0.5) is 0 Å². The van der Waals surface area contributed by atoms with E-state index in [1.54, 1.807) is 17.4 Å². The van der Waals surface area contributed by atoms with Crippen molar-refractivity contribution in [1.82, 2.24) is 19.8 Å². The van der Waals surface area contributed by atoms with Crippen molar-refractivity contribution in [2.24, 2.45) is 13.0 Å². The number of amides is 2. The van der Waals surface area contributed by atoms with E-state index in [4.69, 9.17) is 0 Å². The summed E-state index contributed by atoms with van der Waals surface area (Å²) in [6.07, 6.45) is 3.54. The maximum atomic E-state index is 12.9. The molecule has 6 heteroatoms. The van der Waals surface area contributed by atoms with Gasteiger partial charge in [-0.15, -0.1) is 0 Å². The topological polar surface area (TPSA) is 67.2 Å². The van der Waals surface area contributed by atoms with Gasteiger partial charge in [-0.1, -0.05) is 26.0 Å². The van der Waals surface area contributed by atoms with Gasteiger partial charge in [0, 0.05) is 25.7 Å². The number of aryl methyl sites for hydroxylation is 1. The Morgan fingerprint density at radius 2 is 2.00 bits per heavy atom.